The van der Waals surface area contributed by atoms with Crippen LogP contribution < -0.4 is 0 Å². The van der Waals surface area contributed by atoms with Crippen LogP contribution in [-0.4, -0.2) is 11.7 Å². The zero-order valence-corrected chi connectivity index (χ0v) is 15.9. The molecule has 0 aliphatic rings. The molecule has 1 heteroatoms. The molecule has 0 aliphatic carbocycles. The van der Waals surface area contributed by atoms with Gasteiger partial charge in [-0.25, -0.2) is 0 Å². The van der Waals surface area contributed by atoms with E-state index < -0.39 is 0 Å². The summed E-state index contributed by atoms with van der Waals surface area (Å²) in [4.78, 5) is 0. The van der Waals surface area contributed by atoms with Crippen LogP contribution in [0.3, 0.4) is 0 Å². The van der Waals surface area contributed by atoms with Gasteiger partial charge in [-0.1, -0.05) is 81.0 Å². The molecule has 0 heterocycles. The van der Waals surface area contributed by atoms with Crippen LogP contribution in [0.1, 0.15) is 71.6 Å². The quantitative estimate of drug-likeness (QED) is 0.255. The SMILES string of the molecule is CCC=CCC=CCC=CCC=CCC=CCCCCC(C)CO. The Bertz CT molecular complexity index is 385. The summed E-state index contributed by atoms with van der Waals surface area (Å²) in [7, 11) is 0. The van der Waals surface area contributed by atoms with Gasteiger partial charge in [0, 0.05) is 6.61 Å². The van der Waals surface area contributed by atoms with Crippen molar-refractivity contribution in [1.29, 1.82) is 0 Å². The molecule has 0 spiro atoms. The molecular formula is C23H38O. The third-order valence-corrected chi connectivity index (χ3v) is 3.79. The van der Waals surface area contributed by atoms with E-state index in [1.807, 2.05) is 0 Å². The molecular weight excluding hydrogens is 292 g/mol. The Morgan fingerprint density at radius 1 is 0.667 bits per heavy atom. The number of hydrogen-bond acceptors (Lipinski definition) is 1. The van der Waals surface area contributed by atoms with E-state index in [1.54, 1.807) is 0 Å². The lowest BCUT2D eigenvalue weighted by Gasteiger charge is -2.05. The fourth-order valence-electron chi connectivity index (χ4n) is 2.21. The molecule has 0 saturated carbocycles. The maximum absolute atomic E-state index is 8.95. The Kier molecular flexibility index (Phi) is 18.6. The van der Waals surface area contributed by atoms with E-state index >= 15 is 0 Å². The van der Waals surface area contributed by atoms with Gasteiger partial charge in [0.2, 0.25) is 0 Å². The fourth-order valence-corrected chi connectivity index (χ4v) is 2.21. The van der Waals surface area contributed by atoms with Gasteiger partial charge in [-0.05, 0) is 57.3 Å². The van der Waals surface area contributed by atoms with Gasteiger partial charge in [0.1, 0.15) is 0 Å². The van der Waals surface area contributed by atoms with Crippen molar-refractivity contribution in [2.45, 2.75) is 71.6 Å². The van der Waals surface area contributed by atoms with E-state index in [4.69, 9.17) is 5.11 Å². The number of allylic oxidation sites excluding steroid dienone is 10. The van der Waals surface area contributed by atoms with Crippen molar-refractivity contribution in [3.8, 4) is 0 Å². The van der Waals surface area contributed by atoms with Gasteiger partial charge in [0.15, 0.2) is 0 Å². The molecule has 0 rings (SSSR count). The summed E-state index contributed by atoms with van der Waals surface area (Å²) in [6.45, 7) is 4.59. The second-order valence-electron chi connectivity index (χ2n) is 6.28. The molecule has 24 heavy (non-hydrogen) atoms. The first-order chi connectivity index (χ1) is 11.8. The Morgan fingerprint density at radius 2 is 1.12 bits per heavy atom. The van der Waals surface area contributed by atoms with Crippen LogP contribution in [0.5, 0.6) is 0 Å². The van der Waals surface area contributed by atoms with Crippen molar-refractivity contribution in [2.75, 3.05) is 6.61 Å². The lowest BCUT2D eigenvalue weighted by Crippen LogP contribution is -1.99. The minimum atomic E-state index is 0.321. The van der Waals surface area contributed by atoms with Crippen molar-refractivity contribution < 1.29 is 5.11 Å². The van der Waals surface area contributed by atoms with Crippen LogP contribution in [0.15, 0.2) is 60.8 Å². The van der Waals surface area contributed by atoms with Crippen molar-refractivity contribution in [2.24, 2.45) is 5.92 Å². The molecule has 136 valence electrons. The Hall–Kier alpha value is -1.34. The van der Waals surface area contributed by atoms with E-state index in [-0.39, 0.29) is 0 Å². The van der Waals surface area contributed by atoms with Gasteiger partial charge in [-0.15, -0.1) is 0 Å². The molecule has 0 bridgehead atoms. The zero-order chi connectivity index (χ0) is 17.7. The van der Waals surface area contributed by atoms with Crippen molar-refractivity contribution in [3.63, 3.8) is 0 Å². The Morgan fingerprint density at radius 3 is 1.58 bits per heavy atom. The summed E-state index contributed by atoms with van der Waals surface area (Å²) in [6.07, 6.45) is 32.3. The summed E-state index contributed by atoms with van der Waals surface area (Å²) in [5.41, 5.74) is 0. The van der Waals surface area contributed by atoms with Crippen LogP contribution in [0.4, 0.5) is 0 Å². The van der Waals surface area contributed by atoms with Crippen LogP contribution in [0.25, 0.3) is 0 Å². The lowest BCUT2D eigenvalue weighted by molar-refractivity contribution is 0.227. The molecule has 1 nitrogen and oxygen atoms in total. The van der Waals surface area contributed by atoms with E-state index in [2.05, 4.69) is 74.6 Å². The molecule has 0 aromatic carbocycles. The second-order valence-corrected chi connectivity index (χ2v) is 6.28. The topological polar surface area (TPSA) is 20.2 Å². The van der Waals surface area contributed by atoms with Crippen LogP contribution in [0, 0.1) is 5.92 Å². The first-order valence-corrected chi connectivity index (χ1v) is 9.67. The van der Waals surface area contributed by atoms with Crippen molar-refractivity contribution >= 4 is 0 Å². The number of rotatable bonds is 15. The fraction of sp³-hybridized carbons (Fsp3) is 0.565. The van der Waals surface area contributed by atoms with E-state index in [1.165, 1.54) is 12.8 Å². The highest BCUT2D eigenvalue weighted by Gasteiger charge is 1.97. The highest BCUT2D eigenvalue weighted by atomic mass is 16.3. The smallest absolute Gasteiger partial charge is 0.0456 e. The van der Waals surface area contributed by atoms with Gasteiger partial charge in [-0.2, -0.15) is 0 Å². The lowest BCUT2D eigenvalue weighted by atomic mass is 10.0. The summed E-state index contributed by atoms with van der Waals surface area (Å²) >= 11 is 0. The first kappa shape index (κ1) is 22.7. The molecule has 1 unspecified atom stereocenters. The van der Waals surface area contributed by atoms with E-state index in [0.29, 0.717) is 12.5 Å². The van der Waals surface area contributed by atoms with Crippen LogP contribution in [-0.2, 0) is 0 Å². The molecule has 0 aromatic heterocycles. The highest BCUT2D eigenvalue weighted by Crippen LogP contribution is 2.08. The summed E-state index contributed by atoms with van der Waals surface area (Å²) < 4.78 is 0. The molecule has 1 N–H and O–H groups in total. The molecule has 0 saturated heterocycles. The number of aliphatic hydroxyl groups excluding tert-OH is 1. The minimum absolute atomic E-state index is 0.321. The summed E-state index contributed by atoms with van der Waals surface area (Å²) in [5, 5.41) is 8.95. The molecule has 0 amide bonds. The van der Waals surface area contributed by atoms with Gasteiger partial charge < -0.3 is 5.11 Å². The third-order valence-electron chi connectivity index (χ3n) is 3.79. The van der Waals surface area contributed by atoms with Gasteiger partial charge >= 0.3 is 0 Å². The standard InChI is InChI=1S/C23H38O/c1-3-4-5-6-7-8-9-10-11-12-13-14-15-16-17-18-19-20-21-23(2)22-24/h4-5,7-8,10-11,13-14,16-17,23-24H,3,6,9,12,15,18-22H2,1-2H3. The molecule has 0 aliphatic heterocycles. The average molecular weight is 331 g/mol. The summed E-state index contributed by atoms with van der Waals surface area (Å²) in [6, 6.07) is 0. The third kappa shape index (κ3) is 18.7. The number of hydrogen-bond donors (Lipinski definition) is 1. The second kappa shape index (κ2) is 19.7. The maximum Gasteiger partial charge on any atom is 0.0456 e. The Balaban J connectivity index is 3.44. The predicted octanol–water partition coefficient (Wildman–Crippen LogP) is 6.93. The molecule has 1 atom stereocenters. The number of aliphatic hydroxyl groups is 1. The van der Waals surface area contributed by atoms with Gasteiger partial charge in [0.05, 0.1) is 0 Å². The maximum atomic E-state index is 8.95. The number of unbranched alkanes of at least 4 members (excludes halogenated alkanes) is 2. The first-order valence-electron chi connectivity index (χ1n) is 9.67. The largest absolute Gasteiger partial charge is 0.396 e. The normalized spacial score (nSPS) is 14.3. The zero-order valence-electron chi connectivity index (χ0n) is 15.9. The van der Waals surface area contributed by atoms with Gasteiger partial charge in [0.25, 0.3) is 0 Å². The summed E-state index contributed by atoms with van der Waals surface area (Å²) in [5.74, 6) is 0.457. The molecule has 0 aromatic rings. The minimum Gasteiger partial charge on any atom is -0.396 e. The monoisotopic (exact) mass is 330 g/mol. The van der Waals surface area contributed by atoms with Crippen LogP contribution in [0.2, 0.25) is 0 Å². The molecule has 0 radical (unpaired) electrons. The molecule has 0 fully saturated rings. The van der Waals surface area contributed by atoms with Crippen molar-refractivity contribution in [1.82, 2.24) is 0 Å². The van der Waals surface area contributed by atoms with E-state index in [0.717, 1.165) is 44.9 Å². The average Bonchev–Trinajstić information content (AvgIpc) is 2.60. The highest BCUT2D eigenvalue weighted by molar-refractivity contribution is 5.00. The van der Waals surface area contributed by atoms with Crippen LogP contribution >= 0.6 is 0 Å². The predicted molar refractivity (Wildman–Crippen MR) is 109 cm³/mol. The van der Waals surface area contributed by atoms with Crippen molar-refractivity contribution in [3.05, 3.63) is 60.8 Å². The van der Waals surface area contributed by atoms with Gasteiger partial charge in [-0.3, -0.25) is 0 Å². The van der Waals surface area contributed by atoms with E-state index in [9.17, 15) is 0 Å². The Labute approximate surface area is 150 Å².